The molecule has 0 saturated heterocycles. The van der Waals surface area contributed by atoms with E-state index in [1.54, 1.807) is 0 Å². The quantitative estimate of drug-likeness (QED) is 0.665. The van der Waals surface area contributed by atoms with Crippen LogP contribution < -0.4 is 5.32 Å². The van der Waals surface area contributed by atoms with E-state index in [1.807, 2.05) is 0 Å². The summed E-state index contributed by atoms with van der Waals surface area (Å²) in [5.41, 5.74) is -0.570. The molecule has 0 saturated carbocycles. The molecule has 0 unspecified atom stereocenters. The number of nitro groups is 1. The molecule has 2 aromatic rings. The van der Waals surface area contributed by atoms with Gasteiger partial charge in [-0.1, -0.05) is 12.1 Å². The van der Waals surface area contributed by atoms with Crippen molar-refractivity contribution in [1.29, 1.82) is 0 Å². The van der Waals surface area contributed by atoms with E-state index >= 15 is 0 Å². The first-order valence-corrected chi connectivity index (χ1v) is 5.52. The Bertz CT molecular complexity index is 688. The zero-order chi connectivity index (χ0) is 14.7. The van der Waals surface area contributed by atoms with Gasteiger partial charge in [0.1, 0.15) is 11.6 Å². The SMILES string of the molecule is O=C(Nc1ccccc1F)c1ccc([N+](=O)[O-])cc1O. The van der Waals surface area contributed by atoms with Crippen molar-refractivity contribution < 1.29 is 19.2 Å². The number of phenols is 1. The van der Waals surface area contributed by atoms with Gasteiger partial charge in [-0.2, -0.15) is 0 Å². The number of rotatable bonds is 3. The van der Waals surface area contributed by atoms with Gasteiger partial charge in [0.05, 0.1) is 22.2 Å². The molecule has 20 heavy (non-hydrogen) atoms. The van der Waals surface area contributed by atoms with Crippen molar-refractivity contribution in [1.82, 2.24) is 0 Å². The summed E-state index contributed by atoms with van der Waals surface area (Å²) < 4.78 is 13.4. The van der Waals surface area contributed by atoms with Gasteiger partial charge in [-0.15, -0.1) is 0 Å². The molecule has 0 atom stereocenters. The Morgan fingerprint density at radius 1 is 1.25 bits per heavy atom. The molecule has 2 N–H and O–H groups in total. The molecule has 0 spiro atoms. The molecule has 0 aliphatic carbocycles. The Balaban J connectivity index is 2.26. The van der Waals surface area contributed by atoms with Crippen LogP contribution in [0.2, 0.25) is 0 Å². The zero-order valence-electron chi connectivity index (χ0n) is 10.0. The molecule has 0 fully saturated rings. The van der Waals surface area contributed by atoms with Crippen LogP contribution in [0.25, 0.3) is 0 Å². The monoisotopic (exact) mass is 276 g/mol. The molecule has 0 heterocycles. The van der Waals surface area contributed by atoms with Crippen molar-refractivity contribution in [2.45, 2.75) is 0 Å². The Kier molecular flexibility index (Phi) is 3.60. The van der Waals surface area contributed by atoms with Crippen molar-refractivity contribution in [2.75, 3.05) is 5.32 Å². The summed E-state index contributed by atoms with van der Waals surface area (Å²) in [5.74, 6) is -1.93. The summed E-state index contributed by atoms with van der Waals surface area (Å²) in [4.78, 5) is 21.7. The summed E-state index contributed by atoms with van der Waals surface area (Å²) in [5, 5.41) is 22.4. The van der Waals surface area contributed by atoms with Crippen LogP contribution in [0, 0.1) is 15.9 Å². The highest BCUT2D eigenvalue weighted by molar-refractivity contribution is 6.06. The summed E-state index contributed by atoms with van der Waals surface area (Å²) >= 11 is 0. The van der Waals surface area contributed by atoms with E-state index in [9.17, 15) is 24.4 Å². The number of hydrogen-bond acceptors (Lipinski definition) is 4. The minimum atomic E-state index is -0.762. The Morgan fingerprint density at radius 2 is 1.95 bits per heavy atom. The largest absolute Gasteiger partial charge is 0.507 e. The van der Waals surface area contributed by atoms with Gasteiger partial charge in [0.25, 0.3) is 11.6 Å². The molecule has 102 valence electrons. The fourth-order valence-electron chi connectivity index (χ4n) is 1.58. The number of anilines is 1. The van der Waals surface area contributed by atoms with Crippen molar-refractivity contribution in [3.05, 3.63) is 64.0 Å². The third-order valence-electron chi connectivity index (χ3n) is 2.56. The minimum absolute atomic E-state index is 0.0461. The maximum absolute atomic E-state index is 13.4. The number of halogens is 1. The predicted octanol–water partition coefficient (Wildman–Crippen LogP) is 2.69. The highest BCUT2D eigenvalue weighted by Crippen LogP contribution is 2.24. The van der Waals surface area contributed by atoms with Crippen molar-refractivity contribution in [3.8, 4) is 5.75 Å². The van der Waals surface area contributed by atoms with Crippen molar-refractivity contribution in [2.24, 2.45) is 0 Å². The molecule has 2 aromatic carbocycles. The molecule has 0 aliphatic heterocycles. The van der Waals surface area contributed by atoms with Gasteiger partial charge in [0.2, 0.25) is 0 Å². The third-order valence-corrected chi connectivity index (χ3v) is 2.56. The number of non-ortho nitro benzene ring substituents is 1. The summed E-state index contributed by atoms with van der Waals surface area (Å²) in [6.45, 7) is 0. The third kappa shape index (κ3) is 2.72. The van der Waals surface area contributed by atoms with Crippen molar-refractivity contribution in [3.63, 3.8) is 0 Å². The van der Waals surface area contributed by atoms with Gasteiger partial charge in [0, 0.05) is 6.07 Å². The number of aromatic hydroxyl groups is 1. The maximum atomic E-state index is 13.4. The van der Waals surface area contributed by atoms with E-state index < -0.39 is 22.4 Å². The number of nitrogens with one attached hydrogen (secondary N) is 1. The number of carbonyl (C=O) groups excluding carboxylic acids is 1. The van der Waals surface area contributed by atoms with E-state index in [0.29, 0.717) is 0 Å². The molecular formula is C13H9FN2O4. The first-order chi connectivity index (χ1) is 9.49. The van der Waals surface area contributed by atoms with Crippen LogP contribution in [-0.4, -0.2) is 15.9 Å². The summed E-state index contributed by atoms with van der Waals surface area (Å²) in [6.07, 6.45) is 0. The predicted molar refractivity (Wildman–Crippen MR) is 69.1 cm³/mol. The Labute approximate surface area is 112 Å². The van der Waals surface area contributed by atoms with Crippen LogP contribution in [-0.2, 0) is 0 Å². The molecule has 7 heteroatoms. The van der Waals surface area contributed by atoms with E-state index in [-0.39, 0.29) is 16.9 Å². The normalized spacial score (nSPS) is 10.1. The second kappa shape index (κ2) is 5.35. The van der Waals surface area contributed by atoms with E-state index in [1.165, 1.54) is 24.3 Å². The first-order valence-electron chi connectivity index (χ1n) is 5.52. The van der Waals surface area contributed by atoms with Gasteiger partial charge >= 0.3 is 0 Å². The van der Waals surface area contributed by atoms with Crippen LogP contribution in [0.3, 0.4) is 0 Å². The van der Waals surface area contributed by atoms with E-state index in [0.717, 1.165) is 18.2 Å². The van der Waals surface area contributed by atoms with Crippen LogP contribution in [0.1, 0.15) is 10.4 Å². The molecule has 2 rings (SSSR count). The average Bonchev–Trinajstić information content (AvgIpc) is 2.41. The lowest BCUT2D eigenvalue weighted by Crippen LogP contribution is -2.13. The van der Waals surface area contributed by atoms with Crippen molar-refractivity contribution >= 4 is 17.3 Å². The molecule has 1 amide bonds. The highest BCUT2D eigenvalue weighted by atomic mass is 19.1. The maximum Gasteiger partial charge on any atom is 0.273 e. The lowest BCUT2D eigenvalue weighted by molar-refractivity contribution is -0.384. The first kappa shape index (κ1) is 13.5. The number of para-hydroxylation sites is 1. The van der Waals surface area contributed by atoms with Gasteiger partial charge in [-0.3, -0.25) is 14.9 Å². The van der Waals surface area contributed by atoms with Gasteiger partial charge in [-0.25, -0.2) is 4.39 Å². The molecule has 0 radical (unpaired) electrons. The number of hydrogen-bond donors (Lipinski definition) is 2. The number of nitro benzene ring substituents is 1. The Morgan fingerprint density at radius 3 is 2.55 bits per heavy atom. The summed E-state index contributed by atoms with van der Waals surface area (Å²) in [7, 11) is 0. The number of nitrogens with zero attached hydrogens (tertiary/aromatic N) is 1. The molecule has 0 aromatic heterocycles. The molecule has 0 aliphatic rings. The second-order valence-electron chi connectivity index (χ2n) is 3.89. The average molecular weight is 276 g/mol. The number of phenolic OH excluding ortho intramolecular Hbond substituents is 1. The van der Waals surface area contributed by atoms with E-state index in [4.69, 9.17) is 0 Å². The zero-order valence-corrected chi connectivity index (χ0v) is 10.0. The van der Waals surface area contributed by atoms with Gasteiger partial charge < -0.3 is 10.4 Å². The van der Waals surface area contributed by atoms with Crippen LogP contribution >= 0.6 is 0 Å². The highest BCUT2D eigenvalue weighted by Gasteiger charge is 2.16. The van der Waals surface area contributed by atoms with Gasteiger partial charge in [-0.05, 0) is 18.2 Å². The number of amides is 1. The number of carbonyl (C=O) groups is 1. The van der Waals surface area contributed by atoms with E-state index in [2.05, 4.69) is 5.32 Å². The molecule has 6 nitrogen and oxygen atoms in total. The molecular weight excluding hydrogens is 267 g/mol. The standard InChI is InChI=1S/C13H9FN2O4/c14-10-3-1-2-4-11(10)15-13(18)9-6-5-8(16(19)20)7-12(9)17/h1-7,17H,(H,15,18). The summed E-state index contributed by atoms with van der Waals surface area (Å²) in [6, 6.07) is 8.57. The van der Waals surface area contributed by atoms with Crippen LogP contribution in [0.15, 0.2) is 42.5 Å². The smallest absolute Gasteiger partial charge is 0.273 e. The van der Waals surface area contributed by atoms with Crippen LogP contribution in [0.5, 0.6) is 5.75 Å². The topological polar surface area (TPSA) is 92.5 Å². The fourth-order valence-corrected chi connectivity index (χ4v) is 1.58. The van der Waals surface area contributed by atoms with Crippen LogP contribution in [0.4, 0.5) is 15.8 Å². The fraction of sp³-hybridized carbons (Fsp3) is 0. The molecule has 0 bridgehead atoms. The Hall–Kier alpha value is -2.96. The lowest BCUT2D eigenvalue weighted by Gasteiger charge is -2.07. The minimum Gasteiger partial charge on any atom is -0.507 e. The lowest BCUT2D eigenvalue weighted by atomic mass is 10.1. The van der Waals surface area contributed by atoms with Gasteiger partial charge in [0.15, 0.2) is 0 Å². The second-order valence-corrected chi connectivity index (χ2v) is 3.89. The number of benzene rings is 2.